The average molecular weight is 400 g/mol. The summed E-state index contributed by atoms with van der Waals surface area (Å²) in [6.07, 6.45) is -0.601. The van der Waals surface area contributed by atoms with Gasteiger partial charge in [0.05, 0.1) is 31.0 Å². The lowest BCUT2D eigenvalue weighted by Crippen LogP contribution is -2.48. The molecule has 0 bridgehead atoms. The monoisotopic (exact) mass is 400 g/mol. The van der Waals surface area contributed by atoms with Crippen LogP contribution >= 0.6 is 0 Å². The van der Waals surface area contributed by atoms with Crippen molar-refractivity contribution in [3.8, 4) is 11.5 Å². The minimum Gasteiger partial charge on any atom is -0.493 e. The van der Waals surface area contributed by atoms with Gasteiger partial charge in [0.1, 0.15) is 6.17 Å². The zero-order chi connectivity index (χ0) is 21.0. The van der Waals surface area contributed by atoms with Gasteiger partial charge in [0.15, 0.2) is 11.5 Å². The molecule has 6 nitrogen and oxygen atoms in total. The first-order valence-electron chi connectivity index (χ1n) is 9.65. The van der Waals surface area contributed by atoms with Crippen LogP contribution in [-0.2, 0) is 0 Å². The van der Waals surface area contributed by atoms with Gasteiger partial charge >= 0.3 is 0 Å². The third-order valence-electron chi connectivity index (χ3n) is 5.77. The van der Waals surface area contributed by atoms with Crippen LogP contribution in [0.4, 0.5) is 11.4 Å². The molecular weight excluding hydrogens is 380 g/mol. The number of anilines is 2. The second-order valence-electron chi connectivity index (χ2n) is 7.29. The number of amides is 2. The van der Waals surface area contributed by atoms with Crippen LogP contribution in [0, 0.1) is 6.92 Å². The van der Waals surface area contributed by atoms with E-state index in [1.807, 2.05) is 55.5 Å². The van der Waals surface area contributed by atoms with Crippen molar-refractivity contribution in [2.75, 3.05) is 24.0 Å². The molecule has 6 heteroatoms. The smallest absolute Gasteiger partial charge is 0.264 e. The molecule has 0 N–H and O–H groups in total. The van der Waals surface area contributed by atoms with Crippen molar-refractivity contribution in [2.45, 2.75) is 13.1 Å². The van der Waals surface area contributed by atoms with Crippen molar-refractivity contribution >= 4 is 23.2 Å². The number of carbonyl (C=O) groups is 2. The van der Waals surface area contributed by atoms with Crippen molar-refractivity contribution in [1.29, 1.82) is 0 Å². The van der Waals surface area contributed by atoms with Crippen LogP contribution in [0.2, 0.25) is 0 Å². The van der Waals surface area contributed by atoms with Crippen molar-refractivity contribution in [3.63, 3.8) is 0 Å². The summed E-state index contributed by atoms with van der Waals surface area (Å²) in [4.78, 5) is 30.7. The second-order valence-corrected chi connectivity index (χ2v) is 7.29. The Hall–Kier alpha value is -3.80. The van der Waals surface area contributed by atoms with Crippen LogP contribution in [0.1, 0.15) is 38.0 Å². The third-order valence-corrected chi connectivity index (χ3v) is 5.77. The van der Waals surface area contributed by atoms with E-state index in [-0.39, 0.29) is 11.8 Å². The number of methoxy groups -OCH3 is 2. The van der Waals surface area contributed by atoms with Gasteiger partial charge in [-0.05, 0) is 36.8 Å². The molecule has 2 aliphatic heterocycles. The van der Waals surface area contributed by atoms with Crippen LogP contribution in [0.3, 0.4) is 0 Å². The van der Waals surface area contributed by atoms with E-state index < -0.39 is 6.17 Å². The summed E-state index contributed by atoms with van der Waals surface area (Å²) in [5, 5.41) is 0. The fourth-order valence-electron chi connectivity index (χ4n) is 4.42. The number of rotatable bonds is 3. The molecule has 0 saturated heterocycles. The Morgan fingerprint density at radius 3 is 2.13 bits per heavy atom. The number of benzene rings is 3. The number of hydrogen-bond donors (Lipinski definition) is 0. The molecule has 0 fully saturated rings. The van der Waals surface area contributed by atoms with Crippen LogP contribution in [0.5, 0.6) is 11.5 Å². The highest BCUT2D eigenvalue weighted by Crippen LogP contribution is 2.51. The number of nitrogens with zero attached hydrogens (tertiary/aromatic N) is 2. The first-order valence-corrected chi connectivity index (χ1v) is 9.65. The molecule has 30 heavy (non-hydrogen) atoms. The summed E-state index contributed by atoms with van der Waals surface area (Å²) in [7, 11) is 3.05. The zero-order valence-corrected chi connectivity index (χ0v) is 16.9. The van der Waals surface area contributed by atoms with Gasteiger partial charge in [-0.15, -0.1) is 0 Å². The molecule has 1 unspecified atom stereocenters. The maximum absolute atomic E-state index is 13.7. The number of aryl methyl sites for hydroxylation is 1. The van der Waals surface area contributed by atoms with Gasteiger partial charge in [-0.1, -0.05) is 36.4 Å². The maximum Gasteiger partial charge on any atom is 0.264 e. The molecule has 3 aromatic rings. The Bertz CT molecular complexity index is 1200. The molecule has 0 radical (unpaired) electrons. The minimum atomic E-state index is -0.601. The minimum absolute atomic E-state index is 0.142. The standard InChI is InChI=1S/C24H20N2O4/c1-14-8-4-6-10-17(14)25-22-16-12-13-19(29-2)21(30-3)20(16)24(28)26(22)18-11-7-5-9-15(18)23(25)27/h4-13,22H,1-3H3. The normalized spacial score (nSPS) is 16.8. The van der Waals surface area contributed by atoms with Gasteiger partial charge in [-0.2, -0.15) is 0 Å². The van der Waals surface area contributed by atoms with E-state index in [2.05, 4.69) is 0 Å². The highest BCUT2D eigenvalue weighted by molar-refractivity contribution is 6.22. The highest BCUT2D eigenvalue weighted by Gasteiger charge is 2.50. The molecule has 0 aromatic heterocycles. The highest BCUT2D eigenvalue weighted by atomic mass is 16.5. The van der Waals surface area contributed by atoms with E-state index in [0.717, 1.165) is 11.3 Å². The average Bonchev–Trinajstić information content (AvgIpc) is 3.07. The number of ether oxygens (including phenoxy) is 2. The topological polar surface area (TPSA) is 59.1 Å². The number of carbonyl (C=O) groups excluding carboxylic acids is 2. The largest absolute Gasteiger partial charge is 0.493 e. The van der Waals surface area contributed by atoms with Gasteiger partial charge in [0.2, 0.25) is 0 Å². The fourth-order valence-corrected chi connectivity index (χ4v) is 4.42. The van der Waals surface area contributed by atoms with Crippen LogP contribution in [0.25, 0.3) is 0 Å². The SMILES string of the molecule is COc1ccc2c(c1OC)C(=O)N1c3ccccc3C(=O)N(c3ccccc3C)C21. The van der Waals surface area contributed by atoms with Gasteiger partial charge in [0.25, 0.3) is 11.8 Å². The molecule has 1 atom stereocenters. The molecular formula is C24H20N2O4. The summed E-state index contributed by atoms with van der Waals surface area (Å²) in [5.41, 5.74) is 3.94. The van der Waals surface area contributed by atoms with Crippen molar-refractivity contribution < 1.29 is 19.1 Å². The van der Waals surface area contributed by atoms with Gasteiger partial charge in [-0.25, -0.2) is 0 Å². The molecule has 150 valence electrons. The first kappa shape index (κ1) is 18.2. The summed E-state index contributed by atoms with van der Waals surface area (Å²) in [6, 6.07) is 18.5. The zero-order valence-electron chi connectivity index (χ0n) is 16.9. The molecule has 2 aliphatic rings. The van der Waals surface area contributed by atoms with E-state index in [4.69, 9.17) is 9.47 Å². The van der Waals surface area contributed by atoms with E-state index in [1.54, 1.807) is 21.9 Å². The molecule has 0 spiro atoms. The lowest BCUT2D eigenvalue weighted by atomic mass is 10.0. The molecule has 0 aliphatic carbocycles. The van der Waals surface area contributed by atoms with Gasteiger partial charge in [0, 0.05) is 11.3 Å². The predicted octanol–water partition coefficient (Wildman–Crippen LogP) is 4.33. The van der Waals surface area contributed by atoms with E-state index in [0.29, 0.717) is 33.9 Å². The number of fused-ring (bicyclic) bond motifs is 5. The molecule has 5 rings (SSSR count). The lowest BCUT2D eigenvalue weighted by Gasteiger charge is -2.41. The van der Waals surface area contributed by atoms with Crippen LogP contribution in [-0.4, -0.2) is 26.0 Å². The Balaban J connectivity index is 1.83. The van der Waals surface area contributed by atoms with Crippen LogP contribution in [0.15, 0.2) is 60.7 Å². The lowest BCUT2D eigenvalue weighted by molar-refractivity contribution is 0.0948. The number of hydrogen-bond acceptors (Lipinski definition) is 4. The second kappa shape index (κ2) is 6.62. The Kier molecular flexibility index (Phi) is 4.03. The number of para-hydroxylation sites is 2. The van der Waals surface area contributed by atoms with Gasteiger partial charge < -0.3 is 9.47 Å². The van der Waals surface area contributed by atoms with Crippen molar-refractivity contribution in [3.05, 3.63) is 82.9 Å². The Labute approximate surface area is 174 Å². The third kappa shape index (κ3) is 2.30. The maximum atomic E-state index is 13.7. The molecule has 3 aromatic carbocycles. The quantitative estimate of drug-likeness (QED) is 0.657. The Morgan fingerprint density at radius 1 is 0.767 bits per heavy atom. The van der Waals surface area contributed by atoms with Crippen molar-refractivity contribution in [1.82, 2.24) is 0 Å². The summed E-state index contributed by atoms with van der Waals surface area (Å²) in [6.45, 7) is 1.96. The summed E-state index contributed by atoms with van der Waals surface area (Å²) >= 11 is 0. The van der Waals surface area contributed by atoms with Crippen LogP contribution < -0.4 is 19.3 Å². The van der Waals surface area contributed by atoms with Gasteiger partial charge in [-0.3, -0.25) is 19.4 Å². The fraction of sp³-hybridized carbons (Fsp3) is 0.167. The predicted molar refractivity (Wildman–Crippen MR) is 114 cm³/mol. The summed E-state index contributed by atoms with van der Waals surface area (Å²) < 4.78 is 11.0. The first-order chi connectivity index (χ1) is 14.6. The molecule has 2 heterocycles. The Morgan fingerprint density at radius 2 is 1.43 bits per heavy atom. The molecule has 2 amide bonds. The van der Waals surface area contributed by atoms with E-state index in [1.165, 1.54) is 14.2 Å². The van der Waals surface area contributed by atoms with E-state index in [9.17, 15) is 9.59 Å². The van der Waals surface area contributed by atoms with Crippen molar-refractivity contribution in [2.24, 2.45) is 0 Å². The summed E-state index contributed by atoms with van der Waals surface area (Å²) in [5.74, 6) is 0.497. The van der Waals surface area contributed by atoms with E-state index >= 15 is 0 Å². The molecule has 0 saturated carbocycles.